The smallest absolute Gasteiger partial charge is 0.411 e. The molecule has 3 heterocycles. The van der Waals surface area contributed by atoms with Crippen LogP contribution in [0.3, 0.4) is 0 Å². The van der Waals surface area contributed by atoms with Crippen LogP contribution in [0.25, 0.3) is 22.0 Å². The number of aromatic nitrogens is 3. The van der Waals surface area contributed by atoms with E-state index in [-0.39, 0.29) is 24.9 Å². The first-order chi connectivity index (χ1) is 17.4. The van der Waals surface area contributed by atoms with Gasteiger partial charge in [-0.25, -0.2) is 4.79 Å². The summed E-state index contributed by atoms with van der Waals surface area (Å²) in [7, 11) is 0. The topological polar surface area (TPSA) is 91.6 Å². The first kappa shape index (κ1) is 22.3. The zero-order valence-corrected chi connectivity index (χ0v) is 20.3. The molecule has 4 aromatic rings. The van der Waals surface area contributed by atoms with Crippen LogP contribution < -0.4 is 9.80 Å². The number of amides is 2. The van der Waals surface area contributed by atoms with Crippen molar-refractivity contribution in [1.82, 2.24) is 14.8 Å². The van der Waals surface area contributed by atoms with Gasteiger partial charge >= 0.3 is 6.09 Å². The summed E-state index contributed by atoms with van der Waals surface area (Å²) in [5.41, 5.74) is 5.51. The molecule has 2 aromatic carbocycles. The number of para-hydroxylation sites is 1. The lowest BCUT2D eigenvalue weighted by Gasteiger charge is -2.40. The van der Waals surface area contributed by atoms with Crippen molar-refractivity contribution in [2.45, 2.75) is 45.2 Å². The fraction of sp³-hybridized carbons (Fsp3) is 0.286. The molecule has 2 aliphatic rings. The molecule has 182 valence electrons. The van der Waals surface area contributed by atoms with Crippen LogP contribution in [-0.2, 0) is 11.2 Å². The average molecular weight is 482 g/mol. The number of fused-ring (bicyclic) bond motifs is 2. The van der Waals surface area contributed by atoms with Gasteiger partial charge in [0.1, 0.15) is 0 Å². The largest absolute Gasteiger partial charge is 0.465 e. The molecule has 1 saturated carbocycles. The predicted octanol–water partition coefficient (Wildman–Crippen LogP) is 5.20. The van der Waals surface area contributed by atoms with E-state index in [1.54, 1.807) is 4.90 Å². The van der Waals surface area contributed by atoms with Crippen molar-refractivity contribution in [2.75, 3.05) is 16.3 Å². The first-order valence-corrected chi connectivity index (χ1v) is 12.3. The molecule has 1 aliphatic heterocycles. The summed E-state index contributed by atoms with van der Waals surface area (Å²) in [6.45, 7) is 4.02. The minimum atomic E-state index is -1.03. The second-order valence-electron chi connectivity index (χ2n) is 9.77. The minimum absolute atomic E-state index is 0.0844. The molecule has 1 atom stereocenters. The Morgan fingerprint density at radius 2 is 1.89 bits per heavy atom. The van der Waals surface area contributed by atoms with Gasteiger partial charge in [0.2, 0.25) is 5.91 Å². The van der Waals surface area contributed by atoms with E-state index in [0.29, 0.717) is 17.4 Å². The number of carbonyl (C=O) groups excluding carboxylic acids is 1. The summed E-state index contributed by atoms with van der Waals surface area (Å²) in [5.74, 6) is -0.0844. The van der Waals surface area contributed by atoms with Crippen molar-refractivity contribution < 1.29 is 14.7 Å². The molecule has 2 aromatic heterocycles. The molecule has 36 heavy (non-hydrogen) atoms. The molecular formula is C28H27N5O3. The van der Waals surface area contributed by atoms with Gasteiger partial charge in [0, 0.05) is 29.4 Å². The summed E-state index contributed by atoms with van der Waals surface area (Å²) >= 11 is 0. The van der Waals surface area contributed by atoms with E-state index in [4.69, 9.17) is 0 Å². The zero-order valence-electron chi connectivity index (χ0n) is 20.3. The Bertz CT molecular complexity index is 1510. The number of hydrogen-bond donors (Lipinski definition) is 1. The summed E-state index contributed by atoms with van der Waals surface area (Å²) in [6.07, 6.45) is 5.25. The SMILES string of the molecule is Cc1ccc2cccc(CC(=O)N3c4ccc(-c5cnn(C6CC6)c5)cc4N(C(=O)O)C[C@@H]3C)c2n1. The zero-order chi connectivity index (χ0) is 25.0. The molecule has 0 unspecified atom stereocenters. The van der Waals surface area contributed by atoms with Gasteiger partial charge in [-0.3, -0.25) is 19.4 Å². The average Bonchev–Trinajstić information content (AvgIpc) is 3.59. The number of anilines is 2. The minimum Gasteiger partial charge on any atom is -0.465 e. The van der Waals surface area contributed by atoms with Crippen molar-refractivity contribution in [2.24, 2.45) is 0 Å². The number of carboxylic acid groups (broad SMARTS) is 1. The van der Waals surface area contributed by atoms with Gasteiger partial charge in [-0.15, -0.1) is 0 Å². The first-order valence-electron chi connectivity index (χ1n) is 12.3. The van der Waals surface area contributed by atoms with Crippen molar-refractivity contribution in [3.63, 3.8) is 0 Å². The maximum absolute atomic E-state index is 13.7. The summed E-state index contributed by atoms with van der Waals surface area (Å²) in [4.78, 5) is 33.6. The molecule has 0 saturated heterocycles. The molecule has 1 aliphatic carbocycles. The van der Waals surface area contributed by atoms with Crippen LogP contribution in [0.5, 0.6) is 0 Å². The quantitative estimate of drug-likeness (QED) is 0.432. The van der Waals surface area contributed by atoms with E-state index >= 15 is 0 Å². The monoisotopic (exact) mass is 481 g/mol. The van der Waals surface area contributed by atoms with Gasteiger partial charge in [-0.2, -0.15) is 5.10 Å². The Hall–Kier alpha value is -4.20. The van der Waals surface area contributed by atoms with E-state index in [1.165, 1.54) is 4.90 Å². The van der Waals surface area contributed by atoms with E-state index in [2.05, 4.69) is 10.1 Å². The van der Waals surface area contributed by atoms with Crippen LogP contribution in [0.2, 0.25) is 0 Å². The predicted molar refractivity (Wildman–Crippen MR) is 138 cm³/mol. The molecular weight excluding hydrogens is 454 g/mol. The van der Waals surface area contributed by atoms with Crippen molar-refractivity contribution in [1.29, 1.82) is 0 Å². The molecule has 0 spiro atoms. The van der Waals surface area contributed by atoms with Crippen LogP contribution in [0.1, 0.15) is 37.1 Å². The van der Waals surface area contributed by atoms with Crippen LogP contribution in [0.15, 0.2) is 60.9 Å². The second-order valence-corrected chi connectivity index (χ2v) is 9.77. The highest BCUT2D eigenvalue weighted by molar-refractivity contribution is 6.05. The van der Waals surface area contributed by atoms with Crippen LogP contribution in [-0.4, -0.2) is 44.5 Å². The van der Waals surface area contributed by atoms with Gasteiger partial charge in [0.25, 0.3) is 0 Å². The van der Waals surface area contributed by atoms with Crippen LogP contribution >= 0.6 is 0 Å². The second kappa shape index (κ2) is 8.48. The molecule has 8 heteroatoms. The Balaban J connectivity index is 1.37. The van der Waals surface area contributed by atoms with Crippen LogP contribution in [0.4, 0.5) is 16.2 Å². The number of hydrogen-bond acceptors (Lipinski definition) is 4. The maximum atomic E-state index is 13.7. The molecule has 1 fully saturated rings. The molecule has 0 bridgehead atoms. The number of nitrogens with zero attached hydrogens (tertiary/aromatic N) is 5. The number of carbonyl (C=O) groups is 2. The molecule has 6 rings (SSSR count). The molecule has 8 nitrogen and oxygen atoms in total. The summed E-state index contributed by atoms with van der Waals surface area (Å²) in [6, 6.07) is 15.6. The molecule has 2 amide bonds. The third kappa shape index (κ3) is 3.88. The lowest BCUT2D eigenvalue weighted by molar-refractivity contribution is -0.118. The number of rotatable bonds is 4. The van der Waals surface area contributed by atoms with Crippen molar-refractivity contribution in [3.8, 4) is 11.1 Å². The highest BCUT2D eigenvalue weighted by Crippen LogP contribution is 2.40. The third-order valence-electron chi connectivity index (χ3n) is 7.05. The number of pyridine rings is 1. The van der Waals surface area contributed by atoms with E-state index in [1.807, 2.05) is 79.5 Å². The highest BCUT2D eigenvalue weighted by atomic mass is 16.4. The van der Waals surface area contributed by atoms with E-state index in [9.17, 15) is 14.7 Å². The fourth-order valence-corrected chi connectivity index (χ4v) is 5.09. The third-order valence-corrected chi connectivity index (χ3v) is 7.05. The van der Waals surface area contributed by atoms with E-state index in [0.717, 1.165) is 46.1 Å². The van der Waals surface area contributed by atoms with Crippen molar-refractivity contribution in [3.05, 3.63) is 72.2 Å². The van der Waals surface area contributed by atoms with Gasteiger partial charge in [-0.1, -0.05) is 30.3 Å². The molecule has 0 radical (unpaired) electrons. The highest BCUT2D eigenvalue weighted by Gasteiger charge is 2.35. The van der Waals surface area contributed by atoms with Crippen LogP contribution in [0, 0.1) is 6.92 Å². The number of aryl methyl sites for hydroxylation is 1. The van der Waals surface area contributed by atoms with E-state index < -0.39 is 6.09 Å². The van der Waals surface area contributed by atoms with Gasteiger partial charge in [-0.05, 0) is 56.0 Å². The Morgan fingerprint density at radius 3 is 2.67 bits per heavy atom. The van der Waals surface area contributed by atoms with Crippen molar-refractivity contribution >= 4 is 34.3 Å². The van der Waals surface area contributed by atoms with Gasteiger partial charge < -0.3 is 10.0 Å². The standard InChI is InChI=1S/C28H27N5O3/c1-17-6-7-19-4-3-5-21(27(19)30-17)13-26(34)33-18(2)15-31(28(35)36)25-12-20(8-11-24(25)33)22-14-29-32(16-22)23-9-10-23/h3-8,11-12,14,16,18,23H,9-10,13,15H2,1-2H3,(H,35,36)/t18-/m0/s1. The Kier molecular flexibility index (Phi) is 5.25. The van der Waals surface area contributed by atoms with Gasteiger partial charge in [0.15, 0.2) is 0 Å². The lowest BCUT2D eigenvalue weighted by Crippen LogP contribution is -2.52. The lowest BCUT2D eigenvalue weighted by atomic mass is 10.0. The fourth-order valence-electron chi connectivity index (χ4n) is 5.09. The summed E-state index contributed by atoms with van der Waals surface area (Å²) in [5, 5.41) is 15.4. The Labute approximate surface area is 208 Å². The summed E-state index contributed by atoms with van der Waals surface area (Å²) < 4.78 is 1.97. The maximum Gasteiger partial charge on any atom is 0.411 e. The number of benzene rings is 2. The Morgan fingerprint density at radius 1 is 1.06 bits per heavy atom. The molecule has 1 N–H and O–H groups in total. The van der Waals surface area contributed by atoms with Gasteiger partial charge in [0.05, 0.1) is 41.6 Å². The normalized spacial score (nSPS) is 17.3.